The van der Waals surface area contributed by atoms with Gasteiger partial charge in [0, 0.05) is 32.4 Å². The molecule has 0 bridgehead atoms. The highest BCUT2D eigenvalue weighted by atomic mass is 32.2. The Morgan fingerprint density at radius 2 is 1.69 bits per heavy atom. The van der Waals surface area contributed by atoms with Crippen LogP contribution in [0.25, 0.3) is 16.6 Å². The Balaban J connectivity index is 1.46. The zero-order valence-corrected chi connectivity index (χ0v) is 17.1. The van der Waals surface area contributed by atoms with E-state index in [1.54, 1.807) is 13.8 Å². The molecule has 0 saturated carbocycles. The Morgan fingerprint density at radius 1 is 0.966 bits per heavy atom. The third kappa shape index (κ3) is 2.80. The molecule has 1 aliphatic heterocycles. The van der Waals surface area contributed by atoms with Crippen LogP contribution in [0.3, 0.4) is 0 Å². The molecule has 1 aromatic carbocycles. The lowest BCUT2D eigenvalue weighted by molar-refractivity contribution is 0.378. The lowest BCUT2D eigenvalue weighted by Gasteiger charge is -2.35. The van der Waals surface area contributed by atoms with Gasteiger partial charge in [0.1, 0.15) is 10.6 Å². The van der Waals surface area contributed by atoms with E-state index in [1.165, 1.54) is 4.31 Å². The van der Waals surface area contributed by atoms with E-state index in [2.05, 4.69) is 14.5 Å². The number of para-hydroxylation sites is 2. The maximum absolute atomic E-state index is 13.1. The van der Waals surface area contributed by atoms with Gasteiger partial charge in [0.2, 0.25) is 10.0 Å². The summed E-state index contributed by atoms with van der Waals surface area (Å²) in [6.45, 7) is 5.18. The standard InChI is InChI=1S/C20H21N5O3S/c1-14-19(15(2)28-22-14)29(26,27)24-12-10-23(11-13-24)20-18-8-5-9-25(18)17-7-4-3-6-16(17)21-20/h3-9H,10-13H2,1-2H3. The van der Waals surface area contributed by atoms with Crippen LogP contribution in [0.2, 0.25) is 0 Å². The summed E-state index contributed by atoms with van der Waals surface area (Å²) in [6, 6.07) is 12.1. The molecule has 0 N–H and O–H groups in total. The Labute approximate surface area is 168 Å². The van der Waals surface area contributed by atoms with Gasteiger partial charge >= 0.3 is 0 Å². The fraction of sp³-hybridized carbons (Fsp3) is 0.300. The summed E-state index contributed by atoms with van der Waals surface area (Å²) in [5, 5.41) is 3.79. The Hall–Kier alpha value is -2.91. The first-order valence-corrected chi connectivity index (χ1v) is 10.9. The number of nitrogens with zero attached hydrogens (tertiary/aromatic N) is 5. The van der Waals surface area contributed by atoms with Crippen molar-refractivity contribution in [1.82, 2.24) is 18.8 Å². The molecular formula is C20H21N5O3S. The Bertz CT molecular complexity index is 1300. The van der Waals surface area contributed by atoms with Crippen LogP contribution in [0.4, 0.5) is 5.82 Å². The van der Waals surface area contributed by atoms with Crippen LogP contribution < -0.4 is 4.90 Å². The summed E-state index contributed by atoms with van der Waals surface area (Å²) in [7, 11) is -3.63. The molecule has 5 rings (SSSR count). The minimum Gasteiger partial charge on any atom is -0.360 e. The third-order valence-corrected chi connectivity index (χ3v) is 7.59. The number of hydrogen-bond acceptors (Lipinski definition) is 6. The molecule has 3 aromatic heterocycles. The van der Waals surface area contributed by atoms with Crippen molar-refractivity contribution in [3.05, 3.63) is 54.0 Å². The van der Waals surface area contributed by atoms with E-state index < -0.39 is 10.0 Å². The number of fused-ring (bicyclic) bond motifs is 3. The maximum atomic E-state index is 13.1. The van der Waals surface area contributed by atoms with Crippen molar-refractivity contribution in [3.8, 4) is 0 Å². The van der Waals surface area contributed by atoms with Crippen molar-refractivity contribution < 1.29 is 12.9 Å². The summed E-state index contributed by atoms with van der Waals surface area (Å²) in [4.78, 5) is 7.21. The quantitative estimate of drug-likeness (QED) is 0.515. The summed E-state index contributed by atoms with van der Waals surface area (Å²) in [5.74, 6) is 1.21. The fourth-order valence-electron chi connectivity index (χ4n) is 4.05. The number of anilines is 1. The average Bonchev–Trinajstić information content (AvgIpc) is 3.34. The molecule has 29 heavy (non-hydrogen) atoms. The van der Waals surface area contributed by atoms with Gasteiger partial charge in [-0.1, -0.05) is 17.3 Å². The molecule has 150 valence electrons. The Kier molecular flexibility index (Phi) is 4.11. The van der Waals surface area contributed by atoms with Gasteiger partial charge < -0.3 is 13.8 Å². The van der Waals surface area contributed by atoms with Crippen molar-refractivity contribution in [2.45, 2.75) is 18.7 Å². The molecule has 1 fully saturated rings. The van der Waals surface area contributed by atoms with Gasteiger partial charge in [0.05, 0.1) is 16.6 Å². The van der Waals surface area contributed by atoms with Crippen molar-refractivity contribution in [1.29, 1.82) is 0 Å². The summed E-state index contributed by atoms with van der Waals surface area (Å²) in [5.41, 5.74) is 3.38. The minimum atomic E-state index is -3.63. The Morgan fingerprint density at radius 3 is 2.41 bits per heavy atom. The van der Waals surface area contributed by atoms with Gasteiger partial charge in [0.15, 0.2) is 11.6 Å². The molecule has 4 heterocycles. The smallest absolute Gasteiger partial charge is 0.248 e. The molecule has 0 atom stereocenters. The number of aryl methyl sites for hydroxylation is 2. The number of piperazine rings is 1. The second-order valence-corrected chi connectivity index (χ2v) is 9.11. The highest BCUT2D eigenvalue weighted by Crippen LogP contribution is 2.28. The molecule has 0 aliphatic carbocycles. The summed E-state index contributed by atoms with van der Waals surface area (Å²) in [6.07, 6.45) is 2.03. The highest BCUT2D eigenvalue weighted by molar-refractivity contribution is 7.89. The van der Waals surface area contributed by atoms with Crippen molar-refractivity contribution in [2.75, 3.05) is 31.1 Å². The van der Waals surface area contributed by atoms with Gasteiger partial charge in [-0.2, -0.15) is 4.31 Å². The first-order chi connectivity index (χ1) is 14.0. The molecular weight excluding hydrogens is 390 g/mol. The van der Waals surface area contributed by atoms with E-state index in [0.717, 1.165) is 22.4 Å². The predicted octanol–water partition coefficient (Wildman–Crippen LogP) is 2.60. The summed E-state index contributed by atoms with van der Waals surface area (Å²) >= 11 is 0. The number of sulfonamides is 1. The lowest BCUT2D eigenvalue weighted by atomic mass is 10.2. The molecule has 4 aromatic rings. The zero-order valence-electron chi connectivity index (χ0n) is 16.2. The SMILES string of the molecule is Cc1noc(C)c1S(=O)(=O)N1CCN(c2nc3ccccc3n3cccc23)CC1. The van der Waals surface area contributed by atoms with Gasteiger partial charge in [-0.3, -0.25) is 0 Å². The molecule has 0 unspecified atom stereocenters. The number of aromatic nitrogens is 3. The summed E-state index contributed by atoms with van der Waals surface area (Å²) < 4.78 is 34.8. The van der Waals surface area contributed by atoms with Gasteiger partial charge in [-0.05, 0) is 38.1 Å². The third-order valence-electron chi connectivity index (χ3n) is 5.45. The first kappa shape index (κ1) is 18.1. The number of rotatable bonds is 3. The van der Waals surface area contributed by atoms with E-state index in [1.807, 2.05) is 42.6 Å². The zero-order chi connectivity index (χ0) is 20.2. The van der Waals surface area contributed by atoms with E-state index in [4.69, 9.17) is 9.51 Å². The average molecular weight is 411 g/mol. The monoisotopic (exact) mass is 411 g/mol. The van der Waals surface area contributed by atoms with Crippen LogP contribution >= 0.6 is 0 Å². The molecule has 1 saturated heterocycles. The van der Waals surface area contributed by atoms with Crippen LogP contribution in [0.15, 0.2) is 52.0 Å². The topological polar surface area (TPSA) is 84.0 Å². The van der Waals surface area contributed by atoms with E-state index in [-0.39, 0.29) is 4.90 Å². The van der Waals surface area contributed by atoms with E-state index >= 15 is 0 Å². The van der Waals surface area contributed by atoms with E-state index in [0.29, 0.717) is 37.6 Å². The largest absolute Gasteiger partial charge is 0.360 e. The van der Waals surface area contributed by atoms with Crippen molar-refractivity contribution >= 4 is 32.4 Å². The second kappa shape index (κ2) is 6.57. The fourth-order valence-corrected chi connectivity index (χ4v) is 5.77. The van der Waals surface area contributed by atoms with Crippen LogP contribution in [-0.2, 0) is 10.0 Å². The van der Waals surface area contributed by atoms with Crippen LogP contribution in [-0.4, -0.2) is 53.4 Å². The molecule has 1 aliphatic rings. The molecule has 0 spiro atoms. The first-order valence-electron chi connectivity index (χ1n) is 9.50. The number of hydrogen-bond donors (Lipinski definition) is 0. The molecule has 0 radical (unpaired) electrons. The second-order valence-electron chi connectivity index (χ2n) is 7.23. The molecule has 9 heteroatoms. The number of benzene rings is 1. The van der Waals surface area contributed by atoms with Crippen molar-refractivity contribution in [2.24, 2.45) is 0 Å². The highest BCUT2D eigenvalue weighted by Gasteiger charge is 2.34. The van der Waals surface area contributed by atoms with Gasteiger partial charge in [-0.25, -0.2) is 13.4 Å². The maximum Gasteiger partial charge on any atom is 0.248 e. The minimum absolute atomic E-state index is 0.184. The lowest BCUT2D eigenvalue weighted by Crippen LogP contribution is -2.49. The predicted molar refractivity (Wildman–Crippen MR) is 110 cm³/mol. The van der Waals surface area contributed by atoms with Crippen LogP contribution in [0, 0.1) is 13.8 Å². The van der Waals surface area contributed by atoms with Crippen LogP contribution in [0.5, 0.6) is 0 Å². The van der Waals surface area contributed by atoms with Crippen LogP contribution in [0.1, 0.15) is 11.5 Å². The van der Waals surface area contributed by atoms with E-state index in [9.17, 15) is 8.42 Å². The molecule has 0 amide bonds. The van der Waals surface area contributed by atoms with Gasteiger partial charge in [0.25, 0.3) is 0 Å². The van der Waals surface area contributed by atoms with Gasteiger partial charge in [-0.15, -0.1) is 0 Å². The molecule has 8 nitrogen and oxygen atoms in total. The van der Waals surface area contributed by atoms with Crippen molar-refractivity contribution in [3.63, 3.8) is 0 Å². The normalized spacial score (nSPS) is 16.1.